The number of methoxy groups -OCH3 is 1. The summed E-state index contributed by atoms with van der Waals surface area (Å²) in [5, 5.41) is 0.643. The topological polar surface area (TPSA) is 68.2 Å². The molecule has 6 nitrogen and oxygen atoms in total. The first-order chi connectivity index (χ1) is 13.1. The van der Waals surface area contributed by atoms with Crippen molar-refractivity contribution in [3.05, 3.63) is 77.2 Å². The SMILES string of the molecule is COCON1C(=O)C(Cc2ccccc2)=N/C(=C\c2ccc(F)cc2)C1=O. The van der Waals surface area contributed by atoms with Crippen LogP contribution in [0.25, 0.3) is 6.08 Å². The van der Waals surface area contributed by atoms with Crippen molar-refractivity contribution in [2.75, 3.05) is 13.9 Å². The van der Waals surface area contributed by atoms with E-state index in [0.717, 1.165) is 5.56 Å². The molecule has 2 aromatic rings. The van der Waals surface area contributed by atoms with Gasteiger partial charge in [0.05, 0.1) is 0 Å². The largest absolute Gasteiger partial charge is 0.356 e. The Labute approximate surface area is 155 Å². The molecule has 1 heterocycles. The van der Waals surface area contributed by atoms with Gasteiger partial charge in [0, 0.05) is 13.5 Å². The molecule has 27 heavy (non-hydrogen) atoms. The molecule has 0 fully saturated rings. The quantitative estimate of drug-likeness (QED) is 0.447. The summed E-state index contributed by atoms with van der Waals surface area (Å²) in [6.07, 6.45) is 1.71. The summed E-state index contributed by atoms with van der Waals surface area (Å²) in [5.74, 6) is -1.74. The molecule has 0 saturated carbocycles. The molecule has 0 aromatic heterocycles. The molecule has 0 N–H and O–H groups in total. The second-order valence-corrected chi connectivity index (χ2v) is 5.74. The predicted molar refractivity (Wildman–Crippen MR) is 96.8 cm³/mol. The Balaban J connectivity index is 1.97. The molecule has 138 valence electrons. The van der Waals surface area contributed by atoms with Crippen molar-refractivity contribution in [3.63, 3.8) is 0 Å². The Kier molecular flexibility index (Phi) is 5.85. The van der Waals surface area contributed by atoms with Crippen LogP contribution >= 0.6 is 0 Å². The first-order valence-electron chi connectivity index (χ1n) is 8.18. The number of halogens is 1. The fraction of sp³-hybridized carbons (Fsp3) is 0.150. The van der Waals surface area contributed by atoms with Crippen LogP contribution in [0.15, 0.2) is 65.3 Å². The summed E-state index contributed by atoms with van der Waals surface area (Å²) in [6.45, 7) is -0.264. The van der Waals surface area contributed by atoms with Crippen molar-refractivity contribution < 1.29 is 23.6 Å². The summed E-state index contributed by atoms with van der Waals surface area (Å²) >= 11 is 0. The number of imide groups is 1. The number of hydrogen-bond donors (Lipinski definition) is 0. The maximum absolute atomic E-state index is 13.1. The van der Waals surface area contributed by atoms with Crippen LogP contribution in [0, 0.1) is 5.82 Å². The van der Waals surface area contributed by atoms with Gasteiger partial charge in [-0.1, -0.05) is 42.5 Å². The van der Waals surface area contributed by atoms with Gasteiger partial charge in [-0.25, -0.2) is 14.2 Å². The van der Waals surface area contributed by atoms with E-state index in [1.54, 1.807) is 0 Å². The Morgan fingerprint density at radius 2 is 1.74 bits per heavy atom. The third-order valence-electron chi connectivity index (χ3n) is 3.78. The zero-order valence-electron chi connectivity index (χ0n) is 14.6. The average Bonchev–Trinajstić information content (AvgIpc) is 2.68. The average molecular weight is 368 g/mol. The van der Waals surface area contributed by atoms with Gasteiger partial charge in [0.2, 0.25) is 0 Å². The molecule has 0 bridgehead atoms. The maximum atomic E-state index is 13.1. The number of nitrogens with zero attached hydrogens (tertiary/aromatic N) is 2. The second-order valence-electron chi connectivity index (χ2n) is 5.74. The number of hydrogen-bond acceptors (Lipinski definition) is 5. The van der Waals surface area contributed by atoms with E-state index in [0.29, 0.717) is 10.6 Å². The molecule has 0 unspecified atom stereocenters. The molecule has 0 radical (unpaired) electrons. The van der Waals surface area contributed by atoms with Crippen molar-refractivity contribution in [3.8, 4) is 0 Å². The molecular weight excluding hydrogens is 351 g/mol. The van der Waals surface area contributed by atoms with Crippen LogP contribution in [0.5, 0.6) is 0 Å². The third-order valence-corrected chi connectivity index (χ3v) is 3.78. The highest BCUT2D eigenvalue weighted by Gasteiger charge is 2.34. The summed E-state index contributed by atoms with van der Waals surface area (Å²) < 4.78 is 17.9. The number of amides is 2. The van der Waals surface area contributed by atoms with Gasteiger partial charge in [-0.3, -0.25) is 9.59 Å². The Bertz CT molecular complexity index is 892. The van der Waals surface area contributed by atoms with Gasteiger partial charge in [0.25, 0.3) is 5.91 Å². The fourth-order valence-corrected chi connectivity index (χ4v) is 2.49. The number of aliphatic imine (C=N–C) groups is 1. The van der Waals surface area contributed by atoms with Gasteiger partial charge in [-0.2, -0.15) is 0 Å². The highest BCUT2D eigenvalue weighted by atomic mass is 19.1. The van der Waals surface area contributed by atoms with Gasteiger partial charge in [0.1, 0.15) is 17.2 Å². The number of benzene rings is 2. The molecule has 3 rings (SSSR count). The molecule has 1 aliphatic heterocycles. The Hall–Kier alpha value is -3.16. The predicted octanol–water partition coefficient (Wildman–Crippen LogP) is 2.75. The third kappa shape index (κ3) is 4.52. The second kappa shape index (κ2) is 8.48. The molecule has 0 aliphatic carbocycles. The minimum Gasteiger partial charge on any atom is -0.356 e. The number of hydroxylamine groups is 2. The van der Waals surface area contributed by atoms with E-state index >= 15 is 0 Å². The van der Waals surface area contributed by atoms with Gasteiger partial charge >= 0.3 is 5.91 Å². The highest BCUT2D eigenvalue weighted by Crippen LogP contribution is 2.19. The van der Waals surface area contributed by atoms with Gasteiger partial charge in [0.15, 0.2) is 6.79 Å². The molecule has 1 aliphatic rings. The lowest BCUT2D eigenvalue weighted by Gasteiger charge is -2.24. The minimum atomic E-state index is -0.710. The fourth-order valence-electron chi connectivity index (χ4n) is 2.49. The number of rotatable bonds is 6. The van der Waals surface area contributed by atoms with Crippen LogP contribution in [0.2, 0.25) is 0 Å². The smallest absolute Gasteiger partial charge is 0.303 e. The molecule has 0 saturated heterocycles. The Morgan fingerprint density at radius 3 is 2.41 bits per heavy atom. The molecule has 2 aromatic carbocycles. The molecule has 2 amide bonds. The maximum Gasteiger partial charge on any atom is 0.303 e. The van der Waals surface area contributed by atoms with Crippen molar-refractivity contribution in [1.29, 1.82) is 0 Å². The van der Waals surface area contributed by atoms with Crippen LogP contribution in [0.3, 0.4) is 0 Å². The lowest BCUT2D eigenvalue weighted by Crippen LogP contribution is -2.46. The van der Waals surface area contributed by atoms with E-state index in [-0.39, 0.29) is 30.4 Å². The number of carbonyl (C=O) groups excluding carboxylic acids is 2. The van der Waals surface area contributed by atoms with Crippen molar-refractivity contribution in [2.24, 2.45) is 4.99 Å². The van der Waals surface area contributed by atoms with Crippen LogP contribution in [0.1, 0.15) is 11.1 Å². The monoisotopic (exact) mass is 368 g/mol. The minimum absolute atomic E-state index is 0.0169. The summed E-state index contributed by atoms with van der Waals surface area (Å²) in [7, 11) is 1.38. The number of ether oxygens (including phenoxy) is 1. The standard InChI is InChI=1S/C20H17FN2O4/c1-26-13-27-23-19(24)17(11-14-5-3-2-4-6-14)22-18(20(23)25)12-15-7-9-16(21)10-8-15/h2-10,12H,11,13H2,1H3/b18-12-. The number of carbonyl (C=O) groups is 2. The van der Waals surface area contributed by atoms with Crippen LogP contribution in [-0.4, -0.2) is 36.5 Å². The van der Waals surface area contributed by atoms with E-state index in [9.17, 15) is 14.0 Å². The van der Waals surface area contributed by atoms with E-state index in [1.807, 2.05) is 30.3 Å². The van der Waals surface area contributed by atoms with Gasteiger partial charge in [-0.05, 0) is 29.3 Å². The summed E-state index contributed by atoms with van der Waals surface area (Å²) in [5.41, 5.74) is 1.61. The molecular formula is C20H17FN2O4. The van der Waals surface area contributed by atoms with Crippen molar-refractivity contribution in [2.45, 2.75) is 6.42 Å². The van der Waals surface area contributed by atoms with Crippen LogP contribution in [-0.2, 0) is 25.6 Å². The summed E-state index contributed by atoms with van der Waals surface area (Å²) in [6, 6.07) is 14.9. The molecule has 0 atom stereocenters. The first kappa shape index (κ1) is 18.6. The van der Waals surface area contributed by atoms with Crippen molar-refractivity contribution >= 4 is 23.6 Å². The van der Waals surface area contributed by atoms with Gasteiger partial charge in [-0.15, -0.1) is 5.06 Å². The first-order valence-corrected chi connectivity index (χ1v) is 8.18. The van der Waals surface area contributed by atoms with Crippen LogP contribution in [0.4, 0.5) is 4.39 Å². The molecule has 7 heteroatoms. The zero-order valence-corrected chi connectivity index (χ0v) is 14.6. The highest BCUT2D eigenvalue weighted by molar-refractivity contribution is 6.44. The zero-order chi connectivity index (χ0) is 19.2. The van der Waals surface area contributed by atoms with Gasteiger partial charge < -0.3 is 4.74 Å². The van der Waals surface area contributed by atoms with Crippen LogP contribution < -0.4 is 0 Å². The van der Waals surface area contributed by atoms with Crippen molar-refractivity contribution in [1.82, 2.24) is 5.06 Å². The molecule has 0 spiro atoms. The summed E-state index contributed by atoms with van der Waals surface area (Å²) in [4.78, 5) is 34.6. The normalized spacial score (nSPS) is 16.0. The lowest BCUT2D eigenvalue weighted by molar-refractivity contribution is -0.213. The van der Waals surface area contributed by atoms with E-state index in [2.05, 4.69) is 4.99 Å². The van der Waals surface area contributed by atoms with E-state index in [1.165, 1.54) is 37.5 Å². The van der Waals surface area contributed by atoms with E-state index < -0.39 is 11.8 Å². The lowest BCUT2D eigenvalue weighted by atomic mass is 10.1. The van der Waals surface area contributed by atoms with E-state index in [4.69, 9.17) is 9.57 Å². The Morgan fingerprint density at radius 1 is 1.04 bits per heavy atom.